The molecule has 1 aromatic heterocycles. The second-order valence-corrected chi connectivity index (χ2v) is 8.20. The highest BCUT2D eigenvalue weighted by atomic mass is 32.2. The fraction of sp³-hybridized carbons (Fsp3) is 0.0455. The van der Waals surface area contributed by atoms with E-state index < -0.39 is 21.7 Å². The van der Waals surface area contributed by atoms with Crippen LogP contribution in [0, 0.1) is 11.6 Å². The number of sulfonamides is 1. The Morgan fingerprint density at radius 1 is 0.933 bits per heavy atom. The van der Waals surface area contributed by atoms with E-state index in [1.807, 2.05) is 30.3 Å². The summed E-state index contributed by atoms with van der Waals surface area (Å²) in [5.74, 6) is -0.921. The number of oxazole rings is 1. The predicted molar refractivity (Wildman–Crippen MR) is 108 cm³/mol. The molecule has 0 spiro atoms. The molecule has 0 fully saturated rings. The maximum atomic E-state index is 14.5. The smallest absolute Gasteiger partial charge is 0.238 e. The lowest BCUT2D eigenvalue weighted by atomic mass is 10.1. The van der Waals surface area contributed by atoms with Crippen molar-refractivity contribution < 1.29 is 21.6 Å². The van der Waals surface area contributed by atoms with Gasteiger partial charge in [0.15, 0.2) is 11.7 Å². The predicted octanol–water partition coefficient (Wildman–Crippen LogP) is 4.53. The fourth-order valence-corrected chi connectivity index (χ4v) is 3.58. The molecule has 30 heavy (non-hydrogen) atoms. The van der Waals surface area contributed by atoms with Crippen LogP contribution < -0.4 is 5.14 Å². The van der Waals surface area contributed by atoms with Gasteiger partial charge in [-0.15, -0.1) is 0 Å². The van der Waals surface area contributed by atoms with Gasteiger partial charge in [-0.05, 0) is 35.9 Å². The summed E-state index contributed by atoms with van der Waals surface area (Å²) in [5, 5.41) is 5.14. The number of nitrogens with zero attached hydrogens (tertiary/aromatic N) is 1. The maximum absolute atomic E-state index is 14.5. The minimum absolute atomic E-state index is 0.0567. The van der Waals surface area contributed by atoms with Crippen molar-refractivity contribution in [3.8, 4) is 22.6 Å². The highest BCUT2D eigenvalue weighted by Crippen LogP contribution is 2.35. The normalized spacial score (nSPS) is 11.6. The second-order valence-electron chi connectivity index (χ2n) is 6.64. The summed E-state index contributed by atoms with van der Waals surface area (Å²) in [6, 6.07) is 18.1. The summed E-state index contributed by atoms with van der Waals surface area (Å²) >= 11 is 0. The number of rotatable bonds is 5. The first kappa shape index (κ1) is 19.9. The van der Waals surface area contributed by atoms with E-state index in [1.54, 1.807) is 0 Å². The van der Waals surface area contributed by atoms with Gasteiger partial charge in [-0.1, -0.05) is 42.5 Å². The first-order valence-electron chi connectivity index (χ1n) is 8.93. The Balaban J connectivity index is 1.84. The first-order valence-corrected chi connectivity index (χ1v) is 10.5. The summed E-state index contributed by atoms with van der Waals surface area (Å²) in [6.07, 6.45) is 0.347. The van der Waals surface area contributed by atoms with Crippen molar-refractivity contribution in [1.82, 2.24) is 4.98 Å². The SMILES string of the molecule is NS(=O)(=O)c1ccc(-c2nc(Cc3ccccc3)oc2-c2cc(F)ccc2F)cc1. The van der Waals surface area contributed by atoms with E-state index in [0.29, 0.717) is 17.9 Å². The van der Waals surface area contributed by atoms with Crippen molar-refractivity contribution in [3.05, 3.63) is 95.9 Å². The van der Waals surface area contributed by atoms with Crippen LogP contribution >= 0.6 is 0 Å². The Hall–Kier alpha value is -3.36. The molecule has 5 nitrogen and oxygen atoms in total. The van der Waals surface area contributed by atoms with Crippen molar-refractivity contribution in [1.29, 1.82) is 0 Å². The van der Waals surface area contributed by atoms with E-state index in [9.17, 15) is 17.2 Å². The maximum Gasteiger partial charge on any atom is 0.238 e. The van der Waals surface area contributed by atoms with Crippen LogP contribution in [0.4, 0.5) is 8.78 Å². The lowest BCUT2D eigenvalue weighted by Gasteiger charge is -2.04. The standard InChI is InChI=1S/C22H16F2N2O3S/c23-16-8-11-19(24)18(13-16)22-21(15-6-9-17(10-7-15)30(25,27)28)26-20(29-22)12-14-4-2-1-3-5-14/h1-11,13H,12H2,(H2,25,27,28). The molecule has 0 radical (unpaired) electrons. The van der Waals surface area contributed by atoms with E-state index >= 15 is 0 Å². The van der Waals surface area contributed by atoms with Crippen molar-refractivity contribution >= 4 is 10.0 Å². The number of hydrogen-bond acceptors (Lipinski definition) is 4. The Morgan fingerprint density at radius 2 is 1.63 bits per heavy atom. The summed E-state index contributed by atoms with van der Waals surface area (Å²) < 4.78 is 57.1. The number of nitrogens with two attached hydrogens (primary N) is 1. The fourth-order valence-electron chi connectivity index (χ4n) is 3.06. The Labute approximate surface area is 171 Å². The molecule has 0 amide bonds. The molecular formula is C22H16F2N2O3S. The summed E-state index contributed by atoms with van der Waals surface area (Å²) in [5.41, 5.74) is 1.60. The van der Waals surface area contributed by atoms with Crippen LogP contribution in [0.2, 0.25) is 0 Å². The molecule has 0 atom stereocenters. The Morgan fingerprint density at radius 3 is 2.30 bits per heavy atom. The molecule has 0 aliphatic carbocycles. The van der Waals surface area contributed by atoms with Gasteiger partial charge in [0.25, 0.3) is 0 Å². The molecule has 0 saturated heterocycles. The van der Waals surface area contributed by atoms with Crippen LogP contribution in [-0.4, -0.2) is 13.4 Å². The Kier molecular flexibility index (Phi) is 5.19. The van der Waals surface area contributed by atoms with Gasteiger partial charge < -0.3 is 4.42 Å². The average Bonchev–Trinajstić information content (AvgIpc) is 3.13. The lowest BCUT2D eigenvalue weighted by Crippen LogP contribution is -2.11. The molecule has 3 aromatic carbocycles. The van der Waals surface area contributed by atoms with Gasteiger partial charge in [0.05, 0.1) is 10.5 Å². The number of aromatic nitrogens is 1. The van der Waals surface area contributed by atoms with Crippen molar-refractivity contribution in [3.63, 3.8) is 0 Å². The zero-order chi connectivity index (χ0) is 21.3. The lowest BCUT2D eigenvalue weighted by molar-refractivity contribution is 0.513. The second kappa shape index (κ2) is 7.81. The third-order valence-electron chi connectivity index (χ3n) is 4.50. The molecule has 0 aliphatic heterocycles. The van der Waals surface area contributed by atoms with Crippen molar-refractivity contribution in [2.24, 2.45) is 5.14 Å². The molecule has 0 saturated carbocycles. The summed E-state index contributed by atoms with van der Waals surface area (Å²) in [7, 11) is -3.87. The summed E-state index contributed by atoms with van der Waals surface area (Å²) in [4.78, 5) is 4.41. The summed E-state index contributed by atoms with van der Waals surface area (Å²) in [6.45, 7) is 0. The molecule has 152 valence electrons. The van der Waals surface area contributed by atoms with E-state index in [2.05, 4.69) is 4.98 Å². The third-order valence-corrected chi connectivity index (χ3v) is 5.43. The molecule has 0 bridgehead atoms. The van der Waals surface area contributed by atoms with Crippen LogP contribution in [0.15, 0.2) is 82.1 Å². The zero-order valence-electron chi connectivity index (χ0n) is 15.5. The molecule has 4 aromatic rings. The topological polar surface area (TPSA) is 86.2 Å². The molecule has 2 N–H and O–H groups in total. The average molecular weight is 426 g/mol. The number of benzene rings is 3. The molecule has 4 rings (SSSR count). The molecule has 0 unspecified atom stereocenters. The third kappa shape index (κ3) is 4.14. The zero-order valence-corrected chi connectivity index (χ0v) is 16.4. The van der Waals surface area contributed by atoms with Crippen LogP contribution in [0.5, 0.6) is 0 Å². The largest absolute Gasteiger partial charge is 0.440 e. The van der Waals surface area contributed by atoms with E-state index in [4.69, 9.17) is 9.56 Å². The highest BCUT2D eigenvalue weighted by Gasteiger charge is 2.21. The van der Waals surface area contributed by atoms with E-state index in [-0.39, 0.29) is 21.9 Å². The van der Waals surface area contributed by atoms with E-state index in [1.165, 1.54) is 24.3 Å². The molecule has 1 heterocycles. The van der Waals surface area contributed by atoms with Gasteiger partial charge in [-0.2, -0.15) is 0 Å². The quantitative estimate of drug-likeness (QED) is 0.508. The minimum atomic E-state index is -3.87. The molecular weight excluding hydrogens is 410 g/mol. The van der Waals surface area contributed by atoms with Crippen molar-refractivity contribution in [2.75, 3.05) is 0 Å². The van der Waals surface area contributed by atoms with Gasteiger partial charge in [-0.3, -0.25) is 0 Å². The number of halogens is 2. The van der Waals surface area contributed by atoms with E-state index in [0.717, 1.165) is 23.8 Å². The van der Waals surface area contributed by atoms with Crippen LogP contribution in [0.3, 0.4) is 0 Å². The minimum Gasteiger partial charge on any atom is -0.440 e. The highest BCUT2D eigenvalue weighted by molar-refractivity contribution is 7.89. The monoisotopic (exact) mass is 426 g/mol. The number of hydrogen-bond donors (Lipinski definition) is 1. The van der Waals surface area contributed by atoms with Crippen LogP contribution in [0.25, 0.3) is 22.6 Å². The van der Waals surface area contributed by atoms with Crippen molar-refractivity contribution in [2.45, 2.75) is 11.3 Å². The van der Waals surface area contributed by atoms with Gasteiger partial charge >= 0.3 is 0 Å². The van der Waals surface area contributed by atoms with Gasteiger partial charge in [0.1, 0.15) is 17.3 Å². The van der Waals surface area contributed by atoms with Gasteiger partial charge in [-0.25, -0.2) is 27.3 Å². The molecule has 0 aliphatic rings. The van der Waals surface area contributed by atoms with Crippen LogP contribution in [0.1, 0.15) is 11.5 Å². The van der Waals surface area contributed by atoms with Gasteiger partial charge in [0, 0.05) is 12.0 Å². The van der Waals surface area contributed by atoms with Gasteiger partial charge in [0.2, 0.25) is 10.0 Å². The Bertz CT molecular complexity index is 1300. The number of primary sulfonamides is 1. The van der Waals surface area contributed by atoms with Crippen LogP contribution in [-0.2, 0) is 16.4 Å². The first-order chi connectivity index (χ1) is 14.3. The molecule has 8 heteroatoms.